The molecule has 0 bridgehead atoms. The summed E-state index contributed by atoms with van der Waals surface area (Å²) in [5, 5.41) is 5.86. The molecular formula is C28H20Cl2FN5O4. The molecule has 40 heavy (non-hydrogen) atoms. The van der Waals surface area contributed by atoms with Gasteiger partial charge in [0.1, 0.15) is 23.7 Å². The molecule has 0 fully saturated rings. The molecule has 1 atom stereocenters. The maximum Gasteiger partial charge on any atom is 0.269 e. The van der Waals surface area contributed by atoms with E-state index in [-0.39, 0.29) is 28.8 Å². The number of fused-ring (bicyclic) bond motifs is 1. The zero-order valence-electron chi connectivity index (χ0n) is 20.8. The third-order valence-corrected chi connectivity index (χ3v) is 6.35. The number of pyridine rings is 2. The van der Waals surface area contributed by atoms with Crippen molar-refractivity contribution in [2.24, 2.45) is 4.99 Å². The van der Waals surface area contributed by atoms with Crippen LogP contribution in [0, 0.1) is 5.82 Å². The van der Waals surface area contributed by atoms with Crippen molar-refractivity contribution in [1.29, 1.82) is 0 Å². The van der Waals surface area contributed by atoms with Crippen LogP contribution in [-0.2, 0) is 11.4 Å². The molecule has 0 saturated heterocycles. The number of carbonyl (C=O) groups excluding carboxylic acids is 2. The number of halogens is 3. The van der Waals surface area contributed by atoms with E-state index < -0.39 is 23.8 Å². The molecule has 1 aliphatic heterocycles. The van der Waals surface area contributed by atoms with Crippen LogP contribution < -0.4 is 20.1 Å². The average Bonchev–Trinajstić information content (AvgIpc) is 3.08. The minimum absolute atomic E-state index is 0.0177. The normalized spacial score (nSPS) is 14.3. The summed E-state index contributed by atoms with van der Waals surface area (Å²) >= 11 is 12.7. The van der Waals surface area contributed by atoms with Gasteiger partial charge in [0.05, 0.1) is 41.0 Å². The monoisotopic (exact) mass is 579 g/mol. The molecule has 4 aromatic rings. The van der Waals surface area contributed by atoms with Crippen molar-refractivity contribution < 1.29 is 23.5 Å². The number of nitrogens with one attached hydrogen (secondary N) is 2. The third kappa shape index (κ3) is 5.73. The van der Waals surface area contributed by atoms with E-state index in [0.29, 0.717) is 33.3 Å². The molecule has 2 amide bonds. The molecular weight excluding hydrogens is 560 g/mol. The zero-order valence-corrected chi connectivity index (χ0v) is 22.3. The number of carbonyl (C=O) groups is 2. The molecule has 0 spiro atoms. The Balaban J connectivity index is 1.52. The molecule has 1 unspecified atom stereocenters. The number of aromatic nitrogens is 2. The number of rotatable bonds is 7. The number of nitrogens with zero attached hydrogens (tertiary/aromatic N) is 3. The Morgan fingerprint density at radius 1 is 1.10 bits per heavy atom. The standard InChI is InChI=1S/C28H20Cl2FN5O4/c1-39-22-11-15(29)10-20(30)23(22)24-18-7-2-3-8-21(18)34-27(38)25(35-24)36-26(37)19-12-16(31)13-33-28(19)40-14-17-6-4-5-9-32-17/h2-13,25H,14H2,1H3,(H,34,38)(H,36,37). The van der Waals surface area contributed by atoms with Gasteiger partial charge in [-0.05, 0) is 36.4 Å². The van der Waals surface area contributed by atoms with Gasteiger partial charge in [-0.3, -0.25) is 14.6 Å². The van der Waals surface area contributed by atoms with E-state index in [2.05, 4.69) is 25.6 Å². The van der Waals surface area contributed by atoms with Crippen molar-refractivity contribution in [3.8, 4) is 11.6 Å². The Bertz CT molecular complexity index is 1630. The summed E-state index contributed by atoms with van der Waals surface area (Å²) in [6.45, 7) is -0.0177. The second-order valence-corrected chi connectivity index (χ2v) is 9.31. The van der Waals surface area contributed by atoms with Crippen LogP contribution in [0.5, 0.6) is 11.6 Å². The smallest absolute Gasteiger partial charge is 0.269 e. The summed E-state index contributed by atoms with van der Waals surface area (Å²) < 4.78 is 25.3. The van der Waals surface area contributed by atoms with Gasteiger partial charge in [0.2, 0.25) is 12.0 Å². The van der Waals surface area contributed by atoms with Crippen LogP contribution in [0.4, 0.5) is 10.1 Å². The first kappa shape index (κ1) is 27.0. The predicted molar refractivity (Wildman–Crippen MR) is 148 cm³/mol. The molecule has 202 valence electrons. The minimum Gasteiger partial charge on any atom is -0.496 e. The lowest BCUT2D eigenvalue weighted by molar-refractivity contribution is -0.117. The minimum atomic E-state index is -1.45. The highest BCUT2D eigenvalue weighted by Crippen LogP contribution is 2.35. The Labute approximate surface area is 238 Å². The fraction of sp³-hybridized carbons (Fsp3) is 0.107. The van der Waals surface area contributed by atoms with Crippen LogP contribution in [-0.4, -0.2) is 40.8 Å². The first-order chi connectivity index (χ1) is 19.3. The summed E-state index contributed by atoms with van der Waals surface area (Å²) in [4.78, 5) is 39.3. The fourth-order valence-electron chi connectivity index (χ4n) is 4.03. The van der Waals surface area contributed by atoms with E-state index >= 15 is 0 Å². The highest BCUT2D eigenvalue weighted by Gasteiger charge is 2.30. The molecule has 2 N–H and O–H groups in total. The van der Waals surface area contributed by atoms with Crippen molar-refractivity contribution in [3.05, 3.63) is 111 Å². The summed E-state index contributed by atoms with van der Waals surface area (Å²) in [6, 6.07) is 16.2. The fourth-order valence-corrected chi connectivity index (χ4v) is 4.59. The quantitative estimate of drug-likeness (QED) is 0.316. The second kappa shape index (κ2) is 11.7. The van der Waals surface area contributed by atoms with Crippen molar-refractivity contribution >= 4 is 46.4 Å². The topological polar surface area (TPSA) is 115 Å². The van der Waals surface area contributed by atoms with E-state index in [1.807, 2.05) is 0 Å². The highest BCUT2D eigenvalue weighted by atomic mass is 35.5. The molecule has 3 heterocycles. The van der Waals surface area contributed by atoms with Crippen molar-refractivity contribution in [2.75, 3.05) is 12.4 Å². The van der Waals surface area contributed by atoms with Crippen LogP contribution in [0.15, 0.2) is 78.0 Å². The van der Waals surface area contributed by atoms with Gasteiger partial charge in [0, 0.05) is 16.8 Å². The Morgan fingerprint density at radius 3 is 2.67 bits per heavy atom. The SMILES string of the molecule is COc1cc(Cl)cc(Cl)c1C1=NC(NC(=O)c2cc(F)cnc2OCc2ccccn2)C(=O)Nc2ccccc21. The van der Waals surface area contributed by atoms with Gasteiger partial charge in [0.25, 0.3) is 11.8 Å². The van der Waals surface area contributed by atoms with Crippen LogP contribution in [0.3, 0.4) is 0 Å². The largest absolute Gasteiger partial charge is 0.496 e. The molecule has 12 heteroatoms. The van der Waals surface area contributed by atoms with E-state index in [0.717, 1.165) is 12.3 Å². The van der Waals surface area contributed by atoms with Crippen molar-refractivity contribution in [3.63, 3.8) is 0 Å². The first-order valence-corrected chi connectivity index (χ1v) is 12.6. The van der Waals surface area contributed by atoms with Crippen molar-refractivity contribution in [2.45, 2.75) is 12.8 Å². The Morgan fingerprint density at radius 2 is 1.90 bits per heavy atom. The number of ether oxygens (including phenoxy) is 2. The van der Waals surface area contributed by atoms with E-state index in [4.69, 9.17) is 32.7 Å². The lowest BCUT2D eigenvalue weighted by Crippen LogP contribution is -2.42. The average molecular weight is 580 g/mol. The molecule has 2 aromatic heterocycles. The van der Waals surface area contributed by atoms with Gasteiger partial charge >= 0.3 is 0 Å². The van der Waals surface area contributed by atoms with Gasteiger partial charge in [-0.2, -0.15) is 0 Å². The number of benzodiazepines with no additional fused rings is 1. The third-order valence-electron chi connectivity index (χ3n) is 5.84. The Hall–Kier alpha value is -4.54. The van der Waals surface area contributed by atoms with Gasteiger partial charge in [0.15, 0.2) is 0 Å². The maximum absolute atomic E-state index is 14.2. The van der Waals surface area contributed by atoms with Gasteiger partial charge in [-0.15, -0.1) is 0 Å². The van der Waals surface area contributed by atoms with E-state index in [1.54, 1.807) is 54.7 Å². The predicted octanol–water partition coefficient (Wildman–Crippen LogP) is 5.06. The summed E-state index contributed by atoms with van der Waals surface area (Å²) in [5.74, 6) is -2.08. The highest BCUT2D eigenvalue weighted by molar-refractivity contribution is 6.39. The van der Waals surface area contributed by atoms with E-state index in [9.17, 15) is 14.0 Å². The number of hydrogen-bond acceptors (Lipinski definition) is 7. The molecule has 2 aromatic carbocycles. The van der Waals surface area contributed by atoms with Crippen LogP contribution >= 0.6 is 23.2 Å². The lowest BCUT2D eigenvalue weighted by atomic mass is 9.99. The second-order valence-electron chi connectivity index (χ2n) is 8.47. The number of para-hydroxylation sites is 1. The number of methoxy groups -OCH3 is 1. The molecule has 5 rings (SSSR count). The van der Waals surface area contributed by atoms with Crippen LogP contribution in [0.25, 0.3) is 0 Å². The van der Waals surface area contributed by atoms with E-state index in [1.165, 1.54) is 13.2 Å². The van der Waals surface area contributed by atoms with Gasteiger partial charge in [-0.25, -0.2) is 14.4 Å². The molecule has 9 nitrogen and oxygen atoms in total. The summed E-state index contributed by atoms with van der Waals surface area (Å²) in [7, 11) is 1.45. The molecule has 1 aliphatic rings. The van der Waals surface area contributed by atoms with Crippen LogP contribution in [0.2, 0.25) is 10.0 Å². The maximum atomic E-state index is 14.2. The molecule has 0 saturated carbocycles. The number of amides is 2. The number of benzene rings is 2. The zero-order chi connectivity index (χ0) is 28.2. The Kier molecular flexibility index (Phi) is 7.90. The van der Waals surface area contributed by atoms with Gasteiger partial charge < -0.3 is 20.1 Å². The first-order valence-electron chi connectivity index (χ1n) is 11.8. The van der Waals surface area contributed by atoms with Crippen LogP contribution in [0.1, 0.15) is 27.2 Å². The number of aliphatic imine (C=N–C) groups is 1. The molecule has 0 aliphatic carbocycles. The summed E-state index contributed by atoms with van der Waals surface area (Å²) in [6.07, 6.45) is 1.06. The van der Waals surface area contributed by atoms with Gasteiger partial charge in [-0.1, -0.05) is 47.5 Å². The van der Waals surface area contributed by atoms with Crippen molar-refractivity contribution in [1.82, 2.24) is 15.3 Å². The summed E-state index contributed by atoms with van der Waals surface area (Å²) in [5.41, 5.74) is 1.93. The molecule has 0 radical (unpaired) electrons. The number of anilines is 1. The lowest BCUT2D eigenvalue weighted by Gasteiger charge is -2.16. The number of hydrogen-bond donors (Lipinski definition) is 2.